The zero-order valence-electron chi connectivity index (χ0n) is 8.90. The molecule has 1 aliphatic rings. The Labute approximate surface area is 80.7 Å². The Kier molecular flexibility index (Phi) is 2.79. The van der Waals surface area contributed by atoms with E-state index in [4.69, 9.17) is 0 Å². The van der Waals surface area contributed by atoms with Gasteiger partial charge in [-0.2, -0.15) is 0 Å². The Hall–Kier alpha value is 0.310. The van der Waals surface area contributed by atoms with Crippen molar-refractivity contribution in [1.29, 1.82) is 0 Å². The maximum atomic E-state index is 3.62. The van der Waals surface area contributed by atoms with Crippen molar-refractivity contribution < 1.29 is 0 Å². The summed E-state index contributed by atoms with van der Waals surface area (Å²) in [4.78, 5) is 0.317. The van der Waals surface area contributed by atoms with Crippen LogP contribution in [-0.4, -0.2) is 16.2 Å². The highest BCUT2D eigenvalue weighted by atomic mass is 32.2. The van der Waals surface area contributed by atoms with E-state index in [-0.39, 0.29) is 0 Å². The van der Waals surface area contributed by atoms with Crippen LogP contribution in [0.2, 0.25) is 0 Å². The number of thioether (sulfide) groups is 1. The minimum atomic E-state index is 0.317. The average molecular weight is 187 g/mol. The van der Waals surface area contributed by atoms with Gasteiger partial charge in [0.1, 0.15) is 0 Å². The molecule has 0 aromatic heterocycles. The zero-order valence-corrected chi connectivity index (χ0v) is 9.72. The van der Waals surface area contributed by atoms with Gasteiger partial charge in [-0.05, 0) is 33.1 Å². The molecule has 0 aromatic rings. The molecule has 0 bridgehead atoms. The van der Waals surface area contributed by atoms with Gasteiger partial charge >= 0.3 is 0 Å². The summed E-state index contributed by atoms with van der Waals surface area (Å²) in [6.45, 7) is 12.7. The van der Waals surface area contributed by atoms with Crippen LogP contribution in [0.4, 0.5) is 0 Å². The van der Waals surface area contributed by atoms with Gasteiger partial charge in [0.15, 0.2) is 0 Å². The van der Waals surface area contributed by atoms with Crippen LogP contribution in [0.25, 0.3) is 0 Å². The van der Waals surface area contributed by atoms with E-state index in [9.17, 15) is 0 Å². The molecule has 72 valence electrons. The highest BCUT2D eigenvalue weighted by Crippen LogP contribution is 2.43. The fraction of sp³-hybridized carbons (Fsp3) is 1.00. The van der Waals surface area contributed by atoms with E-state index in [0.717, 1.165) is 12.5 Å². The predicted molar refractivity (Wildman–Crippen MR) is 57.5 cm³/mol. The van der Waals surface area contributed by atoms with Gasteiger partial charge in [-0.1, -0.05) is 13.8 Å². The third-order valence-corrected chi connectivity index (χ3v) is 3.65. The van der Waals surface area contributed by atoms with Crippen LogP contribution in [0.5, 0.6) is 0 Å². The normalized spacial score (nSPS) is 34.5. The van der Waals surface area contributed by atoms with E-state index in [2.05, 4.69) is 51.7 Å². The quantitative estimate of drug-likeness (QED) is 0.713. The second-order valence-electron chi connectivity index (χ2n) is 5.04. The van der Waals surface area contributed by atoms with Crippen molar-refractivity contribution in [1.82, 2.24) is 5.32 Å². The molecule has 0 radical (unpaired) electrons. The smallest absolute Gasteiger partial charge is 0.0625 e. The summed E-state index contributed by atoms with van der Waals surface area (Å²) in [7, 11) is 0. The maximum absolute atomic E-state index is 3.62. The summed E-state index contributed by atoms with van der Waals surface area (Å²) >= 11 is 2.09. The molecule has 1 nitrogen and oxygen atoms in total. The number of hydrogen-bond acceptors (Lipinski definition) is 2. The van der Waals surface area contributed by atoms with Gasteiger partial charge in [0, 0.05) is 11.3 Å². The summed E-state index contributed by atoms with van der Waals surface area (Å²) in [5, 5.41) is 3.62. The van der Waals surface area contributed by atoms with Gasteiger partial charge in [-0.25, -0.2) is 0 Å². The largest absolute Gasteiger partial charge is 0.302 e. The molecule has 1 N–H and O–H groups in total. The molecule has 1 atom stereocenters. The Bertz CT molecular complexity index is 165. The molecule has 2 heteroatoms. The lowest BCUT2D eigenvalue weighted by molar-refractivity contribution is 0.422. The fourth-order valence-electron chi connectivity index (χ4n) is 1.97. The van der Waals surface area contributed by atoms with Crippen molar-refractivity contribution in [3.63, 3.8) is 0 Å². The topological polar surface area (TPSA) is 12.0 Å². The SMILES string of the molecule is CC(C)CC1(C)NCC(C)(C)S1. The molecule has 1 rings (SSSR count). The second kappa shape index (κ2) is 3.22. The third-order valence-electron chi connectivity index (χ3n) is 2.19. The second-order valence-corrected chi connectivity index (χ2v) is 7.25. The third kappa shape index (κ3) is 2.67. The van der Waals surface area contributed by atoms with Gasteiger partial charge in [0.05, 0.1) is 4.87 Å². The first-order chi connectivity index (χ1) is 5.33. The van der Waals surface area contributed by atoms with Crippen LogP contribution in [-0.2, 0) is 0 Å². The molecule has 1 unspecified atom stereocenters. The zero-order chi connectivity index (χ0) is 9.41. The van der Waals surface area contributed by atoms with E-state index in [1.165, 1.54) is 6.42 Å². The molecule has 1 fully saturated rings. The summed E-state index contributed by atoms with van der Waals surface area (Å²) in [6.07, 6.45) is 1.26. The number of nitrogens with one attached hydrogen (secondary N) is 1. The Balaban J connectivity index is 2.53. The van der Waals surface area contributed by atoms with Crippen molar-refractivity contribution in [3.05, 3.63) is 0 Å². The summed E-state index contributed by atoms with van der Waals surface area (Å²) in [5.41, 5.74) is 0. The van der Waals surface area contributed by atoms with Crippen molar-refractivity contribution >= 4 is 11.8 Å². The van der Waals surface area contributed by atoms with Gasteiger partial charge < -0.3 is 5.32 Å². The molecule has 0 aliphatic carbocycles. The van der Waals surface area contributed by atoms with Crippen LogP contribution in [0, 0.1) is 5.92 Å². The van der Waals surface area contributed by atoms with Crippen molar-refractivity contribution in [2.45, 2.75) is 50.7 Å². The van der Waals surface area contributed by atoms with Crippen LogP contribution < -0.4 is 5.32 Å². The van der Waals surface area contributed by atoms with E-state index in [0.29, 0.717) is 9.62 Å². The van der Waals surface area contributed by atoms with Crippen molar-refractivity contribution in [2.75, 3.05) is 6.54 Å². The fourth-order valence-corrected chi connectivity index (χ4v) is 3.90. The van der Waals surface area contributed by atoms with E-state index in [1.807, 2.05) is 0 Å². The first-order valence-corrected chi connectivity index (χ1v) is 5.60. The van der Waals surface area contributed by atoms with Crippen molar-refractivity contribution in [3.8, 4) is 0 Å². The molecule has 12 heavy (non-hydrogen) atoms. The molecule has 1 aliphatic heterocycles. The molecular weight excluding hydrogens is 166 g/mol. The highest BCUT2D eigenvalue weighted by molar-refractivity contribution is 8.02. The van der Waals surface area contributed by atoms with Gasteiger partial charge in [0.2, 0.25) is 0 Å². The molecule has 1 saturated heterocycles. The maximum Gasteiger partial charge on any atom is 0.0625 e. The van der Waals surface area contributed by atoms with Gasteiger partial charge in [-0.3, -0.25) is 0 Å². The first-order valence-electron chi connectivity index (χ1n) is 4.78. The summed E-state index contributed by atoms with van der Waals surface area (Å²) in [6, 6.07) is 0. The molecule has 0 spiro atoms. The molecule has 0 amide bonds. The van der Waals surface area contributed by atoms with Gasteiger partial charge in [-0.15, -0.1) is 11.8 Å². The Morgan fingerprint density at radius 2 is 1.92 bits per heavy atom. The van der Waals surface area contributed by atoms with Crippen LogP contribution in [0.1, 0.15) is 41.0 Å². The predicted octanol–water partition coefficient (Wildman–Crippen LogP) is 2.86. The Morgan fingerprint density at radius 1 is 1.33 bits per heavy atom. The Morgan fingerprint density at radius 3 is 2.25 bits per heavy atom. The standard InChI is InChI=1S/C10H21NS/c1-8(2)6-10(5)11-7-9(3,4)12-10/h8,11H,6-7H2,1-5H3. The summed E-state index contributed by atoms with van der Waals surface area (Å²) in [5.74, 6) is 0.781. The van der Waals surface area contributed by atoms with Gasteiger partial charge in [0.25, 0.3) is 0 Å². The molecular formula is C10H21NS. The van der Waals surface area contributed by atoms with E-state index >= 15 is 0 Å². The lowest BCUT2D eigenvalue weighted by Crippen LogP contribution is -2.35. The van der Waals surface area contributed by atoms with E-state index in [1.54, 1.807) is 0 Å². The summed E-state index contributed by atoms with van der Waals surface area (Å²) < 4.78 is 0.420. The average Bonchev–Trinajstić information content (AvgIpc) is 2.03. The minimum absolute atomic E-state index is 0.317. The number of hydrogen-bond donors (Lipinski definition) is 1. The van der Waals surface area contributed by atoms with Crippen LogP contribution >= 0.6 is 11.8 Å². The van der Waals surface area contributed by atoms with Crippen LogP contribution in [0.15, 0.2) is 0 Å². The van der Waals surface area contributed by atoms with E-state index < -0.39 is 0 Å². The van der Waals surface area contributed by atoms with Crippen LogP contribution in [0.3, 0.4) is 0 Å². The lowest BCUT2D eigenvalue weighted by Gasteiger charge is -2.27. The molecule has 1 heterocycles. The first kappa shape index (κ1) is 10.4. The van der Waals surface area contributed by atoms with Crippen molar-refractivity contribution in [2.24, 2.45) is 5.92 Å². The lowest BCUT2D eigenvalue weighted by atomic mass is 10.0. The number of rotatable bonds is 2. The minimum Gasteiger partial charge on any atom is -0.302 e. The molecule has 0 aromatic carbocycles. The monoisotopic (exact) mass is 187 g/mol. The molecule has 0 saturated carbocycles. The highest BCUT2D eigenvalue weighted by Gasteiger charge is 2.40.